The molecule has 0 spiro atoms. The lowest BCUT2D eigenvalue weighted by atomic mass is 10.1. The first-order chi connectivity index (χ1) is 16.8. The van der Waals surface area contributed by atoms with Gasteiger partial charge in [0.2, 0.25) is 5.91 Å². The SMILES string of the molecule is Cc1ccc([N+](=O)[O-])cc1NC(=O)CSc1nnc(C2CCCN2C(=O)c2ccccc2Cl)n1C. The maximum atomic E-state index is 13.1. The van der Waals surface area contributed by atoms with Gasteiger partial charge < -0.3 is 14.8 Å². The summed E-state index contributed by atoms with van der Waals surface area (Å²) in [4.78, 5) is 37.9. The van der Waals surface area contributed by atoms with Crippen LogP contribution in [0.3, 0.4) is 0 Å². The van der Waals surface area contributed by atoms with E-state index >= 15 is 0 Å². The first-order valence-electron chi connectivity index (χ1n) is 10.9. The van der Waals surface area contributed by atoms with Crippen LogP contribution in [-0.4, -0.2) is 48.7 Å². The Kier molecular flexibility index (Phi) is 7.37. The number of amides is 2. The average molecular weight is 515 g/mol. The average Bonchev–Trinajstić information content (AvgIpc) is 3.45. The molecule has 2 heterocycles. The molecule has 1 atom stereocenters. The smallest absolute Gasteiger partial charge is 0.271 e. The summed E-state index contributed by atoms with van der Waals surface area (Å²) in [5, 5.41) is 23.2. The van der Waals surface area contributed by atoms with Crippen molar-refractivity contribution in [3.05, 3.63) is 74.6 Å². The van der Waals surface area contributed by atoms with Gasteiger partial charge in [-0.05, 0) is 37.5 Å². The van der Waals surface area contributed by atoms with Crippen molar-refractivity contribution in [3.8, 4) is 0 Å². The summed E-state index contributed by atoms with van der Waals surface area (Å²) in [6.45, 7) is 2.35. The van der Waals surface area contributed by atoms with Gasteiger partial charge >= 0.3 is 0 Å². The number of aryl methyl sites for hydroxylation is 1. The normalized spacial score (nSPS) is 15.3. The molecular weight excluding hydrogens is 492 g/mol. The zero-order valence-electron chi connectivity index (χ0n) is 19.1. The zero-order chi connectivity index (χ0) is 25.1. The van der Waals surface area contributed by atoms with Gasteiger partial charge in [-0.15, -0.1) is 10.2 Å². The number of hydrogen-bond donors (Lipinski definition) is 1. The molecule has 1 unspecified atom stereocenters. The van der Waals surface area contributed by atoms with Gasteiger partial charge in [-0.3, -0.25) is 19.7 Å². The Labute approximate surface area is 210 Å². The standard InChI is InChI=1S/C23H23ClN6O4S/c1-14-9-10-15(30(33)34)12-18(14)25-20(31)13-35-23-27-26-21(28(23)2)19-8-5-11-29(19)22(32)16-6-3-4-7-17(16)24/h3-4,6-7,9-10,12,19H,5,8,11,13H2,1-2H3,(H,25,31). The Morgan fingerprint density at radius 1 is 1.26 bits per heavy atom. The van der Waals surface area contributed by atoms with Crippen molar-refractivity contribution in [2.75, 3.05) is 17.6 Å². The fourth-order valence-corrected chi connectivity index (χ4v) is 4.92. The number of hydrogen-bond acceptors (Lipinski definition) is 7. The second-order valence-corrected chi connectivity index (χ2v) is 9.48. The number of carbonyl (C=O) groups excluding carboxylic acids is 2. The maximum Gasteiger partial charge on any atom is 0.271 e. The van der Waals surface area contributed by atoms with E-state index in [0.717, 1.165) is 18.4 Å². The second-order valence-electron chi connectivity index (χ2n) is 8.13. The van der Waals surface area contributed by atoms with Crippen LogP contribution in [0.4, 0.5) is 11.4 Å². The Morgan fingerprint density at radius 3 is 2.77 bits per heavy atom. The van der Waals surface area contributed by atoms with Crippen LogP contribution in [0.1, 0.15) is 40.6 Å². The first-order valence-corrected chi connectivity index (χ1v) is 12.2. The molecule has 0 aliphatic carbocycles. The van der Waals surface area contributed by atoms with Gasteiger partial charge in [-0.2, -0.15) is 0 Å². The number of carbonyl (C=O) groups is 2. The Morgan fingerprint density at radius 2 is 2.03 bits per heavy atom. The fourth-order valence-electron chi connectivity index (χ4n) is 3.98. The molecular formula is C23H23ClN6O4S. The highest BCUT2D eigenvalue weighted by Crippen LogP contribution is 2.34. The summed E-state index contributed by atoms with van der Waals surface area (Å²) in [7, 11) is 1.80. The molecule has 1 fully saturated rings. The highest BCUT2D eigenvalue weighted by molar-refractivity contribution is 7.99. The van der Waals surface area contributed by atoms with Crippen LogP contribution in [0.2, 0.25) is 5.02 Å². The summed E-state index contributed by atoms with van der Waals surface area (Å²) in [5.74, 6) is 0.211. The summed E-state index contributed by atoms with van der Waals surface area (Å²) in [6.07, 6.45) is 1.58. The number of nitro groups is 1. The van der Waals surface area contributed by atoms with Crippen molar-refractivity contribution in [1.82, 2.24) is 19.7 Å². The quantitative estimate of drug-likeness (QED) is 0.281. The minimum Gasteiger partial charge on any atom is -0.328 e. The summed E-state index contributed by atoms with van der Waals surface area (Å²) >= 11 is 7.43. The van der Waals surface area contributed by atoms with Crippen molar-refractivity contribution in [2.45, 2.75) is 31.0 Å². The highest BCUT2D eigenvalue weighted by Gasteiger charge is 2.34. The van der Waals surface area contributed by atoms with Crippen molar-refractivity contribution in [1.29, 1.82) is 0 Å². The Bertz CT molecular complexity index is 1300. The number of nitro benzene ring substituents is 1. The number of likely N-dealkylation sites (tertiary alicyclic amines) is 1. The fraction of sp³-hybridized carbons (Fsp3) is 0.304. The van der Waals surface area contributed by atoms with Crippen LogP contribution in [0, 0.1) is 17.0 Å². The maximum absolute atomic E-state index is 13.1. The van der Waals surface area contributed by atoms with E-state index in [1.54, 1.807) is 53.8 Å². The minimum absolute atomic E-state index is 0.0427. The topological polar surface area (TPSA) is 123 Å². The second kappa shape index (κ2) is 10.4. The number of rotatable bonds is 7. The molecule has 182 valence electrons. The molecule has 0 bridgehead atoms. The van der Waals surface area contributed by atoms with Gasteiger partial charge in [0.15, 0.2) is 11.0 Å². The van der Waals surface area contributed by atoms with Crippen molar-refractivity contribution in [2.24, 2.45) is 7.05 Å². The van der Waals surface area contributed by atoms with Gasteiger partial charge in [0.05, 0.1) is 33.0 Å². The first kappa shape index (κ1) is 24.7. The molecule has 35 heavy (non-hydrogen) atoms. The van der Waals surface area contributed by atoms with Crippen LogP contribution in [0.5, 0.6) is 0 Å². The molecule has 2 aromatic carbocycles. The van der Waals surface area contributed by atoms with Gasteiger partial charge in [-0.1, -0.05) is 41.6 Å². The van der Waals surface area contributed by atoms with Crippen LogP contribution in [-0.2, 0) is 11.8 Å². The number of thioether (sulfide) groups is 1. The number of nitrogens with zero attached hydrogens (tertiary/aromatic N) is 5. The Balaban J connectivity index is 1.43. The van der Waals surface area contributed by atoms with Crippen molar-refractivity contribution >= 4 is 46.6 Å². The molecule has 12 heteroatoms. The molecule has 1 aliphatic heterocycles. The number of anilines is 1. The summed E-state index contributed by atoms with van der Waals surface area (Å²) < 4.78 is 1.79. The third-order valence-electron chi connectivity index (χ3n) is 5.82. The monoisotopic (exact) mass is 514 g/mol. The van der Waals surface area contributed by atoms with Crippen molar-refractivity contribution < 1.29 is 14.5 Å². The van der Waals surface area contributed by atoms with E-state index in [4.69, 9.17) is 11.6 Å². The summed E-state index contributed by atoms with van der Waals surface area (Å²) in [6, 6.07) is 11.0. The zero-order valence-corrected chi connectivity index (χ0v) is 20.7. The van der Waals surface area contributed by atoms with Crippen LogP contribution >= 0.6 is 23.4 Å². The lowest BCUT2D eigenvalue weighted by Gasteiger charge is -2.24. The molecule has 1 aliphatic rings. The van der Waals surface area contributed by atoms with E-state index in [2.05, 4.69) is 15.5 Å². The molecule has 1 N–H and O–H groups in total. The number of halogens is 1. The highest BCUT2D eigenvalue weighted by atomic mass is 35.5. The largest absolute Gasteiger partial charge is 0.328 e. The minimum atomic E-state index is -0.506. The number of nitrogens with one attached hydrogen (secondary N) is 1. The van der Waals surface area contributed by atoms with E-state index in [-0.39, 0.29) is 29.3 Å². The molecule has 0 saturated carbocycles. The number of benzene rings is 2. The molecule has 10 nitrogen and oxygen atoms in total. The van der Waals surface area contributed by atoms with Crippen LogP contribution < -0.4 is 5.32 Å². The van der Waals surface area contributed by atoms with Gasteiger partial charge in [0.1, 0.15) is 0 Å². The predicted octanol–water partition coefficient (Wildman–Crippen LogP) is 4.39. The molecule has 0 radical (unpaired) electrons. The van der Waals surface area contributed by atoms with E-state index in [1.807, 2.05) is 0 Å². The molecule has 1 aromatic heterocycles. The predicted molar refractivity (Wildman–Crippen MR) is 133 cm³/mol. The number of aromatic nitrogens is 3. The molecule has 4 rings (SSSR count). The van der Waals surface area contributed by atoms with Crippen LogP contribution in [0.25, 0.3) is 0 Å². The lowest BCUT2D eigenvalue weighted by Crippen LogP contribution is -2.32. The van der Waals surface area contributed by atoms with Crippen LogP contribution in [0.15, 0.2) is 47.6 Å². The lowest BCUT2D eigenvalue weighted by molar-refractivity contribution is -0.384. The van der Waals surface area contributed by atoms with Gasteiger partial charge in [0.25, 0.3) is 11.6 Å². The van der Waals surface area contributed by atoms with E-state index in [0.29, 0.717) is 33.8 Å². The van der Waals surface area contributed by atoms with E-state index < -0.39 is 4.92 Å². The van der Waals surface area contributed by atoms with Gasteiger partial charge in [-0.25, -0.2) is 0 Å². The third-order valence-corrected chi connectivity index (χ3v) is 7.17. The van der Waals surface area contributed by atoms with Crippen molar-refractivity contribution in [3.63, 3.8) is 0 Å². The van der Waals surface area contributed by atoms with E-state index in [1.165, 1.54) is 23.9 Å². The molecule has 1 saturated heterocycles. The number of non-ortho nitro benzene ring substituents is 1. The summed E-state index contributed by atoms with van der Waals surface area (Å²) in [5.41, 5.74) is 1.47. The Hall–Kier alpha value is -3.44. The van der Waals surface area contributed by atoms with E-state index in [9.17, 15) is 19.7 Å². The third kappa shape index (κ3) is 5.30. The molecule has 3 aromatic rings. The molecule has 2 amide bonds. The van der Waals surface area contributed by atoms with Gasteiger partial charge in [0, 0.05) is 25.7 Å².